The van der Waals surface area contributed by atoms with Gasteiger partial charge in [0.05, 0.1) is 5.69 Å². The minimum absolute atomic E-state index is 0.212. The molecular weight excluding hydrogens is 328 g/mol. The summed E-state index contributed by atoms with van der Waals surface area (Å²) < 4.78 is 29.3. The van der Waals surface area contributed by atoms with Crippen molar-refractivity contribution in [2.45, 2.75) is 24.9 Å². The molecule has 0 aliphatic carbocycles. The molecule has 1 aromatic carbocycles. The number of nitrogens with zero attached hydrogens (tertiary/aromatic N) is 1. The average molecular weight is 343 g/mol. The van der Waals surface area contributed by atoms with Crippen LogP contribution in [0.25, 0.3) is 0 Å². The molecule has 1 N–H and O–H groups in total. The fraction of sp³-hybridized carbons (Fsp3) is 0.286. The SMILES string of the molecule is Cc1cc(CS(=O)(=O)C(C)C(=O)Nc2ccc(Cl)cc2)on1. The van der Waals surface area contributed by atoms with Gasteiger partial charge in [-0.15, -0.1) is 0 Å². The number of carbonyl (C=O) groups excluding carboxylic acids is 1. The fourth-order valence-corrected chi connectivity index (χ4v) is 3.04. The molecule has 118 valence electrons. The van der Waals surface area contributed by atoms with Gasteiger partial charge < -0.3 is 9.84 Å². The van der Waals surface area contributed by atoms with E-state index in [-0.39, 0.29) is 11.5 Å². The Balaban J connectivity index is 2.06. The van der Waals surface area contributed by atoms with Gasteiger partial charge in [0, 0.05) is 16.8 Å². The smallest absolute Gasteiger partial charge is 0.242 e. The lowest BCUT2D eigenvalue weighted by Gasteiger charge is -2.12. The standard InChI is InChI=1S/C14H15ClN2O4S/c1-9-7-13(21-17-9)8-22(19,20)10(2)14(18)16-12-5-3-11(15)4-6-12/h3-7,10H,8H2,1-2H3,(H,16,18). The van der Waals surface area contributed by atoms with Crippen molar-refractivity contribution >= 4 is 33.0 Å². The molecule has 1 heterocycles. The zero-order valence-corrected chi connectivity index (χ0v) is 13.6. The molecule has 2 aromatic rings. The van der Waals surface area contributed by atoms with Crippen LogP contribution in [0.5, 0.6) is 0 Å². The maximum Gasteiger partial charge on any atom is 0.242 e. The number of carbonyl (C=O) groups is 1. The second-order valence-corrected chi connectivity index (χ2v) is 7.64. The topological polar surface area (TPSA) is 89.3 Å². The largest absolute Gasteiger partial charge is 0.360 e. The number of rotatable bonds is 5. The number of anilines is 1. The number of halogens is 1. The zero-order chi connectivity index (χ0) is 16.3. The van der Waals surface area contributed by atoms with E-state index in [0.29, 0.717) is 16.4 Å². The van der Waals surface area contributed by atoms with Crippen LogP contribution in [0.1, 0.15) is 18.4 Å². The first-order chi connectivity index (χ1) is 10.3. The summed E-state index contributed by atoms with van der Waals surface area (Å²) in [5, 5.41) is 5.48. The van der Waals surface area contributed by atoms with Crippen molar-refractivity contribution in [2.24, 2.45) is 0 Å². The number of benzene rings is 1. The number of amides is 1. The van der Waals surface area contributed by atoms with Crippen molar-refractivity contribution in [3.05, 3.63) is 46.8 Å². The van der Waals surface area contributed by atoms with E-state index in [4.69, 9.17) is 16.1 Å². The highest BCUT2D eigenvalue weighted by Gasteiger charge is 2.29. The lowest BCUT2D eigenvalue weighted by Crippen LogP contribution is -2.33. The van der Waals surface area contributed by atoms with Gasteiger partial charge in [-0.05, 0) is 38.1 Å². The summed E-state index contributed by atoms with van der Waals surface area (Å²) in [6, 6.07) is 7.93. The van der Waals surface area contributed by atoms with Crippen LogP contribution >= 0.6 is 11.6 Å². The van der Waals surface area contributed by atoms with Gasteiger partial charge in [-0.2, -0.15) is 0 Å². The molecule has 1 atom stereocenters. The number of aryl methyl sites for hydroxylation is 1. The summed E-state index contributed by atoms with van der Waals surface area (Å²) in [7, 11) is -3.70. The maximum absolute atomic E-state index is 12.2. The molecule has 0 fully saturated rings. The van der Waals surface area contributed by atoms with Gasteiger partial charge in [0.15, 0.2) is 15.6 Å². The molecule has 0 saturated carbocycles. The molecule has 6 nitrogen and oxygen atoms in total. The number of aromatic nitrogens is 1. The molecule has 0 radical (unpaired) electrons. The molecule has 0 aliphatic rings. The van der Waals surface area contributed by atoms with E-state index in [0.717, 1.165) is 0 Å². The van der Waals surface area contributed by atoms with Gasteiger partial charge in [-0.1, -0.05) is 16.8 Å². The third kappa shape index (κ3) is 4.08. The summed E-state index contributed by atoms with van der Waals surface area (Å²) in [5.74, 6) is -0.773. The fourth-order valence-electron chi connectivity index (χ4n) is 1.75. The van der Waals surface area contributed by atoms with E-state index in [1.807, 2.05) is 0 Å². The van der Waals surface area contributed by atoms with Crippen molar-refractivity contribution < 1.29 is 17.7 Å². The van der Waals surface area contributed by atoms with Gasteiger partial charge in [-0.25, -0.2) is 8.42 Å². The van der Waals surface area contributed by atoms with E-state index < -0.39 is 21.0 Å². The summed E-state index contributed by atoms with van der Waals surface area (Å²) >= 11 is 5.75. The second kappa shape index (κ2) is 6.50. The van der Waals surface area contributed by atoms with Crippen LogP contribution in [0.15, 0.2) is 34.9 Å². The lowest BCUT2D eigenvalue weighted by molar-refractivity contribution is -0.115. The van der Waals surface area contributed by atoms with Gasteiger partial charge >= 0.3 is 0 Å². The Bertz CT molecular complexity index is 768. The van der Waals surface area contributed by atoms with Crippen molar-refractivity contribution in [2.75, 3.05) is 5.32 Å². The number of hydrogen-bond acceptors (Lipinski definition) is 5. The molecule has 0 aliphatic heterocycles. The van der Waals surface area contributed by atoms with Gasteiger partial charge in [-0.3, -0.25) is 4.79 Å². The zero-order valence-electron chi connectivity index (χ0n) is 12.0. The summed E-state index contributed by atoms with van der Waals surface area (Å²) in [4.78, 5) is 12.1. The number of sulfone groups is 1. The van der Waals surface area contributed by atoms with Crippen LogP contribution in [-0.2, 0) is 20.4 Å². The van der Waals surface area contributed by atoms with E-state index in [9.17, 15) is 13.2 Å². The van der Waals surface area contributed by atoms with Crippen molar-refractivity contribution in [1.82, 2.24) is 5.16 Å². The third-order valence-corrected chi connectivity index (χ3v) is 5.27. The molecule has 1 unspecified atom stereocenters. The second-order valence-electron chi connectivity index (χ2n) is 4.88. The van der Waals surface area contributed by atoms with Crippen LogP contribution in [0.2, 0.25) is 5.02 Å². The van der Waals surface area contributed by atoms with Crippen LogP contribution < -0.4 is 5.32 Å². The molecule has 0 bridgehead atoms. The Labute approximate surface area is 133 Å². The normalized spacial score (nSPS) is 12.9. The van der Waals surface area contributed by atoms with E-state index in [1.165, 1.54) is 13.0 Å². The molecular formula is C14H15ClN2O4S. The first-order valence-electron chi connectivity index (χ1n) is 6.48. The minimum atomic E-state index is -3.70. The monoisotopic (exact) mass is 342 g/mol. The Hall–Kier alpha value is -1.86. The predicted octanol–water partition coefficient (Wildman–Crippen LogP) is 2.58. The Morgan fingerprint density at radius 2 is 2.00 bits per heavy atom. The van der Waals surface area contributed by atoms with Crippen LogP contribution in [0.4, 0.5) is 5.69 Å². The Kier molecular flexibility index (Phi) is 4.87. The van der Waals surface area contributed by atoms with E-state index >= 15 is 0 Å². The highest BCUT2D eigenvalue weighted by atomic mass is 35.5. The van der Waals surface area contributed by atoms with Gasteiger partial charge in [0.2, 0.25) is 5.91 Å². The van der Waals surface area contributed by atoms with Crippen LogP contribution in [-0.4, -0.2) is 24.7 Å². The van der Waals surface area contributed by atoms with Gasteiger partial charge in [0.25, 0.3) is 0 Å². The first kappa shape index (κ1) is 16.5. The summed E-state index contributed by atoms with van der Waals surface area (Å²) in [6.07, 6.45) is 0. The van der Waals surface area contributed by atoms with Crippen molar-refractivity contribution in [3.63, 3.8) is 0 Å². The highest BCUT2D eigenvalue weighted by molar-refractivity contribution is 7.92. The van der Waals surface area contributed by atoms with Crippen molar-refractivity contribution in [1.29, 1.82) is 0 Å². The molecule has 0 saturated heterocycles. The van der Waals surface area contributed by atoms with Crippen molar-refractivity contribution in [3.8, 4) is 0 Å². The van der Waals surface area contributed by atoms with E-state index in [1.54, 1.807) is 31.2 Å². The number of hydrogen-bond donors (Lipinski definition) is 1. The minimum Gasteiger partial charge on any atom is -0.360 e. The predicted molar refractivity (Wildman–Crippen MR) is 83.4 cm³/mol. The molecule has 1 aromatic heterocycles. The Morgan fingerprint density at radius 3 is 2.55 bits per heavy atom. The Morgan fingerprint density at radius 1 is 1.36 bits per heavy atom. The van der Waals surface area contributed by atoms with E-state index in [2.05, 4.69) is 10.5 Å². The van der Waals surface area contributed by atoms with Crippen LogP contribution in [0, 0.1) is 6.92 Å². The van der Waals surface area contributed by atoms with Crippen LogP contribution in [0.3, 0.4) is 0 Å². The number of nitrogens with one attached hydrogen (secondary N) is 1. The molecule has 2 rings (SSSR count). The molecule has 1 amide bonds. The third-order valence-electron chi connectivity index (χ3n) is 3.04. The molecule has 0 spiro atoms. The quantitative estimate of drug-likeness (QED) is 0.902. The average Bonchev–Trinajstić information content (AvgIpc) is 2.85. The summed E-state index contributed by atoms with van der Waals surface area (Å²) in [6.45, 7) is 3.03. The maximum atomic E-state index is 12.2. The summed E-state index contributed by atoms with van der Waals surface area (Å²) in [5.41, 5.74) is 1.07. The lowest BCUT2D eigenvalue weighted by atomic mass is 10.3. The molecule has 22 heavy (non-hydrogen) atoms. The highest BCUT2D eigenvalue weighted by Crippen LogP contribution is 2.16. The molecule has 8 heteroatoms. The first-order valence-corrected chi connectivity index (χ1v) is 8.57. The van der Waals surface area contributed by atoms with Gasteiger partial charge in [0.1, 0.15) is 11.0 Å².